The van der Waals surface area contributed by atoms with Gasteiger partial charge in [-0.3, -0.25) is 9.59 Å². The quantitative estimate of drug-likeness (QED) is 0.854. The molecule has 6 heteroatoms. The van der Waals surface area contributed by atoms with Gasteiger partial charge in [0.2, 0.25) is 0 Å². The van der Waals surface area contributed by atoms with Gasteiger partial charge in [-0.05, 0) is 39.6 Å². The number of thiophene rings is 1. The number of likely N-dealkylation sites (N-methyl/N-ethyl adjacent to an activating group) is 1. The topological polar surface area (TPSA) is 58.6 Å². The number of fused-ring (bicyclic) bond motifs is 1. The van der Waals surface area contributed by atoms with Crippen molar-refractivity contribution in [3.05, 3.63) is 21.9 Å². The largest absolute Gasteiger partial charge is 0.376 e. The summed E-state index contributed by atoms with van der Waals surface area (Å²) in [6.45, 7) is 2.29. The van der Waals surface area contributed by atoms with Crippen LogP contribution in [0.1, 0.15) is 32.7 Å². The fourth-order valence-corrected chi connectivity index (χ4v) is 4.16. The number of nitrogens with zero attached hydrogens (tertiary/aromatic N) is 1. The van der Waals surface area contributed by atoms with Crippen molar-refractivity contribution in [2.75, 3.05) is 20.7 Å². The highest BCUT2D eigenvalue weighted by Gasteiger charge is 2.55. The molecular formula is C15H20N2O3S. The average Bonchev–Trinajstić information content (AvgIpc) is 3.02. The first kappa shape index (κ1) is 14.7. The Morgan fingerprint density at radius 1 is 1.33 bits per heavy atom. The molecule has 114 valence electrons. The van der Waals surface area contributed by atoms with Crippen LogP contribution in [0.2, 0.25) is 0 Å². The maximum atomic E-state index is 12.4. The molecule has 1 aliphatic carbocycles. The SMILES string of the molecule is CC(=O)c1ccc(C(=O)N[C@H]2[C@H]3CCO[C@H]3[C@@H]2N(C)C)s1. The van der Waals surface area contributed by atoms with Gasteiger partial charge in [0.05, 0.1) is 27.9 Å². The molecule has 5 nitrogen and oxygen atoms in total. The molecule has 1 aromatic rings. The van der Waals surface area contributed by atoms with E-state index in [1.54, 1.807) is 12.1 Å². The van der Waals surface area contributed by atoms with Crippen molar-refractivity contribution in [2.24, 2.45) is 5.92 Å². The summed E-state index contributed by atoms with van der Waals surface area (Å²) in [5.74, 6) is 0.321. The summed E-state index contributed by atoms with van der Waals surface area (Å²) in [5, 5.41) is 3.13. The monoisotopic (exact) mass is 308 g/mol. The van der Waals surface area contributed by atoms with E-state index in [9.17, 15) is 9.59 Å². The van der Waals surface area contributed by atoms with Gasteiger partial charge in [0, 0.05) is 12.5 Å². The van der Waals surface area contributed by atoms with E-state index in [1.165, 1.54) is 18.3 Å². The second-order valence-corrected chi connectivity index (χ2v) is 7.05. The van der Waals surface area contributed by atoms with E-state index in [0.29, 0.717) is 15.7 Å². The van der Waals surface area contributed by atoms with Crippen LogP contribution in [0.4, 0.5) is 0 Å². The number of nitrogens with one attached hydrogen (secondary N) is 1. The maximum Gasteiger partial charge on any atom is 0.261 e. The number of carbonyl (C=O) groups excluding carboxylic acids is 2. The summed E-state index contributed by atoms with van der Waals surface area (Å²) in [6, 6.07) is 3.80. The molecule has 0 bridgehead atoms. The molecule has 3 rings (SSSR count). The molecule has 2 heterocycles. The highest BCUT2D eigenvalue weighted by Crippen LogP contribution is 2.41. The lowest BCUT2D eigenvalue weighted by molar-refractivity contribution is -0.0663. The first-order valence-corrected chi connectivity index (χ1v) is 8.00. The molecule has 2 fully saturated rings. The molecule has 0 spiro atoms. The minimum absolute atomic E-state index is 0.00174. The minimum atomic E-state index is -0.0882. The zero-order valence-electron chi connectivity index (χ0n) is 12.5. The maximum absolute atomic E-state index is 12.4. The van der Waals surface area contributed by atoms with Crippen LogP contribution in [0.25, 0.3) is 0 Å². The van der Waals surface area contributed by atoms with Gasteiger partial charge in [-0.25, -0.2) is 0 Å². The fraction of sp³-hybridized carbons (Fsp3) is 0.600. The Labute approximate surface area is 128 Å². The summed E-state index contributed by atoms with van der Waals surface area (Å²) in [4.78, 5) is 27.0. The number of carbonyl (C=O) groups is 2. The average molecular weight is 308 g/mol. The Morgan fingerprint density at radius 2 is 2.05 bits per heavy atom. The van der Waals surface area contributed by atoms with Gasteiger partial charge in [-0.1, -0.05) is 0 Å². The Morgan fingerprint density at radius 3 is 2.67 bits per heavy atom. The molecule has 1 aromatic heterocycles. The predicted molar refractivity (Wildman–Crippen MR) is 80.9 cm³/mol. The molecule has 0 unspecified atom stereocenters. The summed E-state index contributed by atoms with van der Waals surface area (Å²) in [6.07, 6.45) is 1.24. The van der Waals surface area contributed by atoms with Crippen molar-refractivity contribution < 1.29 is 14.3 Å². The lowest BCUT2D eigenvalue weighted by Gasteiger charge is -2.50. The number of amides is 1. The second kappa shape index (κ2) is 5.51. The summed E-state index contributed by atoms with van der Waals surface area (Å²) in [7, 11) is 4.03. The standard InChI is InChI=1S/C15H20N2O3S/c1-8(18)10-4-5-11(21-10)15(19)16-12-9-6-7-20-14(9)13(12)17(2)3/h4-5,9,12-14H,6-7H2,1-3H3,(H,16,19)/t9-,12+,13-,14-/m1/s1. The van der Waals surface area contributed by atoms with Crippen LogP contribution in [-0.2, 0) is 4.74 Å². The summed E-state index contributed by atoms with van der Waals surface area (Å²) < 4.78 is 5.74. The minimum Gasteiger partial charge on any atom is -0.376 e. The molecule has 4 atom stereocenters. The van der Waals surface area contributed by atoms with Gasteiger partial charge in [0.15, 0.2) is 5.78 Å². The normalized spacial score (nSPS) is 30.9. The fourth-order valence-electron chi connectivity index (χ4n) is 3.36. The zero-order chi connectivity index (χ0) is 15.1. The Bertz CT molecular complexity index is 569. The molecule has 2 aliphatic rings. The van der Waals surface area contributed by atoms with Gasteiger partial charge in [-0.2, -0.15) is 0 Å². The van der Waals surface area contributed by atoms with Crippen molar-refractivity contribution in [1.82, 2.24) is 10.2 Å². The van der Waals surface area contributed by atoms with Crippen LogP contribution in [0.3, 0.4) is 0 Å². The van der Waals surface area contributed by atoms with Crippen LogP contribution in [0, 0.1) is 5.92 Å². The van der Waals surface area contributed by atoms with Crippen LogP contribution < -0.4 is 5.32 Å². The Balaban J connectivity index is 1.70. The number of rotatable bonds is 4. The van der Waals surface area contributed by atoms with Gasteiger partial charge in [0.1, 0.15) is 0 Å². The third-order valence-corrected chi connectivity index (χ3v) is 5.60. The first-order valence-electron chi connectivity index (χ1n) is 7.18. The van der Waals surface area contributed by atoms with Gasteiger partial charge in [-0.15, -0.1) is 11.3 Å². The van der Waals surface area contributed by atoms with E-state index in [2.05, 4.69) is 10.2 Å². The molecule has 21 heavy (non-hydrogen) atoms. The van der Waals surface area contributed by atoms with E-state index in [0.717, 1.165) is 13.0 Å². The molecule has 1 saturated heterocycles. The zero-order valence-corrected chi connectivity index (χ0v) is 13.3. The number of ketones is 1. The van der Waals surface area contributed by atoms with Crippen molar-refractivity contribution >= 4 is 23.0 Å². The number of ether oxygens (including phenoxy) is 1. The predicted octanol–water partition coefficient (Wildman–Crippen LogP) is 1.40. The van der Waals surface area contributed by atoms with Gasteiger partial charge < -0.3 is 15.0 Å². The van der Waals surface area contributed by atoms with Crippen LogP contribution in [0.15, 0.2) is 12.1 Å². The third-order valence-electron chi connectivity index (χ3n) is 4.42. The van der Waals surface area contributed by atoms with Crippen LogP contribution >= 0.6 is 11.3 Å². The van der Waals surface area contributed by atoms with Crippen molar-refractivity contribution in [1.29, 1.82) is 0 Å². The Hall–Kier alpha value is -1.24. The molecule has 1 amide bonds. The molecular weight excluding hydrogens is 288 g/mol. The van der Waals surface area contributed by atoms with Crippen molar-refractivity contribution in [3.8, 4) is 0 Å². The molecule has 1 saturated carbocycles. The summed E-state index contributed by atoms with van der Waals surface area (Å²) >= 11 is 1.25. The number of hydrogen-bond donors (Lipinski definition) is 1. The molecule has 1 N–H and O–H groups in total. The first-order chi connectivity index (χ1) is 9.99. The molecule has 0 aromatic carbocycles. The van der Waals surface area contributed by atoms with E-state index in [1.807, 2.05) is 14.1 Å². The Kier molecular flexibility index (Phi) is 3.86. The molecule has 0 radical (unpaired) electrons. The smallest absolute Gasteiger partial charge is 0.261 e. The third kappa shape index (κ3) is 2.52. The molecule has 1 aliphatic heterocycles. The van der Waals surface area contributed by atoms with Gasteiger partial charge >= 0.3 is 0 Å². The van der Waals surface area contributed by atoms with Crippen LogP contribution in [0.5, 0.6) is 0 Å². The van der Waals surface area contributed by atoms with E-state index in [4.69, 9.17) is 4.74 Å². The van der Waals surface area contributed by atoms with E-state index < -0.39 is 0 Å². The number of hydrogen-bond acceptors (Lipinski definition) is 5. The lowest BCUT2D eigenvalue weighted by atomic mass is 9.71. The van der Waals surface area contributed by atoms with Crippen LogP contribution in [-0.4, -0.2) is 55.5 Å². The summed E-state index contributed by atoms with van der Waals surface area (Å²) in [5.41, 5.74) is 0. The van der Waals surface area contributed by atoms with Gasteiger partial charge in [0.25, 0.3) is 5.91 Å². The van der Waals surface area contributed by atoms with E-state index in [-0.39, 0.29) is 29.9 Å². The second-order valence-electron chi connectivity index (χ2n) is 5.96. The highest BCUT2D eigenvalue weighted by molar-refractivity contribution is 7.15. The van der Waals surface area contributed by atoms with Crippen molar-refractivity contribution in [2.45, 2.75) is 31.5 Å². The highest BCUT2D eigenvalue weighted by atomic mass is 32.1. The number of Topliss-reactive ketones (excluding diaryl/α,β-unsaturated/α-hetero) is 1. The van der Waals surface area contributed by atoms with Crippen molar-refractivity contribution in [3.63, 3.8) is 0 Å². The lowest BCUT2D eigenvalue weighted by Crippen LogP contribution is -2.69. The van der Waals surface area contributed by atoms with E-state index >= 15 is 0 Å².